The highest BCUT2D eigenvalue weighted by atomic mass is 16.5. The number of amides is 4. The molecule has 11 nitrogen and oxygen atoms in total. The number of rotatable bonds is 27. The minimum absolute atomic E-state index is 0.0225. The molecule has 0 heterocycles. The summed E-state index contributed by atoms with van der Waals surface area (Å²) in [6, 6.07) is 19.7. The Morgan fingerprint density at radius 2 is 1.33 bits per heavy atom. The van der Waals surface area contributed by atoms with Gasteiger partial charge in [-0.3, -0.25) is 14.4 Å². The maximum atomic E-state index is 14.3. The van der Waals surface area contributed by atoms with Gasteiger partial charge in [-0.1, -0.05) is 165 Å². The second-order valence-electron chi connectivity index (χ2n) is 16.2. The molecular weight excluding hydrogens is 733 g/mol. The van der Waals surface area contributed by atoms with Crippen molar-refractivity contribution in [2.75, 3.05) is 6.61 Å². The number of unbranched alkanes of at least 4 members (excludes halogenated alkanes) is 7. The fourth-order valence-electron chi connectivity index (χ4n) is 7.18. The summed E-state index contributed by atoms with van der Waals surface area (Å²) >= 11 is 0. The van der Waals surface area contributed by atoms with E-state index in [0.717, 1.165) is 54.0 Å². The van der Waals surface area contributed by atoms with E-state index in [2.05, 4.69) is 28.2 Å². The molecule has 0 aliphatic heterocycles. The smallest absolute Gasteiger partial charge is 0.408 e. The highest BCUT2D eigenvalue weighted by molar-refractivity contribution is 5.92. The van der Waals surface area contributed by atoms with Crippen LogP contribution in [-0.4, -0.2) is 70.9 Å². The molecule has 0 fully saturated rings. The molecule has 0 aliphatic carbocycles. The molecule has 11 heteroatoms. The Morgan fingerprint density at radius 1 is 0.690 bits per heavy atom. The van der Waals surface area contributed by atoms with Crippen molar-refractivity contribution >= 4 is 34.6 Å². The third-order valence-electron chi connectivity index (χ3n) is 10.9. The van der Waals surface area contributed by atoms with Gasteiger partial charge in [-0.15, -0.1) is 0 Å². The van der Waals surface area contributed by atoms with Crippen LogP contribution < -0.4 is 21.3 Å². The van der Waals surface area contributed by atoms with E-state index in [4.69, 9.17) is 4.74 Å². The number of carbonyl (C=O) groups is 4. The molecule has 6 N–H and O–H groups in total. The second-order valence-corrected chi connectivity index (χ2v) is 16.2. The predicted molar refractivity (Wildman–Crippen MR) is 231 cm³/mol. The first-order valence-electron chi connectivity index (χ1n) is 21.6. The van der Waals surface area contributed by atoms with Crippen molar-refractivity contribution < 1.29 is 34.1 Å². The first-order chi connectivity index (χ1) is 27.9. The maximum Gasteiger partial charge on any atom is 0.408 e. The average molecular weight is 803 g/mol. The van der Waals surface area contributed by atoms with Gasteiger partial charge in [-0.05, 0) is 46.6 Å². The van der Waals surface area contributed by atoms with E-state index in [1.165, 1.54) is 19.3 Å². The zero-order valence-corrected chi connectivity index (χ0v) is 35.5. The van der Waals surface area contributed by atoms with Gasteiger partial charge in [-0.2, -0.15) is 0 Å². The van der Waals surface area contributed by atoms with Crippen molar-refractivity contribution in [3.05, 3.63) is 83.9 Å². The SMILES string of the molecule is CCCCCCCCCC[C@H](NC(=O)[C@H](Cc1cccc2ccccc12)NC(=O)OCc1ccccc1)C(=O)N[C@@H](CC(C)C)[C@@H](O)CC(=O)N[C@H](CO)[C@@H](C)CC. The number of ether oxygens (including phenoxy) is 1. The number of carbonyl (C=O) groups excluding carboxylic acids is 4. The second kappa shape index (κ2) is 26.5. The topological polar surface area (TPSA) is 166 Å². The summed E-state index contributed by atoms with van der Waals surface area (Å²) in [5, 5.41) is 34.7. The number of hydrogen-bond donors (Lipinski definition) is 6. The van der Waals surface area contributed by atoms with Crippen LogP contribution in [0, 0.1) is 11.8 Å². The summed E-state index contributed by atoms with van der Waals surface area (Å²) in [6.07, 6.45) is 7.87. The molecule has 3 rings (SSSR count). The molecule has 3 aromatic carbocycles. The van der Waals surface area contributed by atoms with Crippen LogP contribution >= 0.6 is 0 Å². The lowest BCUT2D eigenvalue weighted by molar-refractivity contribution is -0.131. The van der Waals surface area contributed by atoms with Crippen LogP contribution in [0.15, 0.2) is 72.8 Å². The van der Waals surface area contributed by atoms with Gasteiger partial charge in [0, 0.05) is 6.42 Å². The molecule has 0 radical (unpaired) electrons. The van der Waals surface area contributed by atoms with Crippen LogP contribution in [-0.2, 0) is 32.1 Å². The van der Waals surface area contributed by atoms with E-state index in [1.54, 1.807) is 0 Å². The first kappa shape index (κ1) is 47.9. The molecule has 58 heavy (non-hydrogen) atoms. The van der Waals surface area contributed by atoms with Gasteiger partial charge < -0.3 is 36.2 Å². The Hall–Kier alpha value is -4.48. The molecule has 0 aliphatic rings. The van der Waals surface area contributed by atoms with Crippen LogP contribution in [0.3, 0.4) is 0 Å². The molecule has 320 valence electrons. The van der Waals surface area contributed by atoms with Gasteiger partial charge in [-0.25, -0.2) is 4.79 Å². The molecule has 0 spiro atoms. The normalized spacial score (nSPS) is 14.5. The first-order valence-corrected chi connectivity index (χ1v) is 21.6. The van der Waals surface area contributed by atoms with Gasteiger partial charge in [0.1, 0.15) is 18.7 Å². The average Bonchev–Trinajstić information content (AvgIpc) is 3.21. The standard InChI is InChI=1S/C47H70N4O7/c1-6-8-9-10-11-12-13-17-27-39(45(55)50-40(28-33(3)4)43(53)30-44(54)48-42(31-52)34(5)7-2)49-46(56)41(51-47(57)58-32-35-21-15-14-16-22-35)29-37-25-20-24-36-23-18-19-26-38(36)37/h14-16,18-26,33-34,39-43,52-53H,6-13,17,27-32H2,1-5H3,(H,48,54)(H,49,56)(H,50,55)(H,51,57)/t34-,39-,40-,41-,42+,43-/m0/s1. The van der Waals surface area contributed by atoms with E-state index in [9.17, 15) is 29.4 Å². The van der Waals surface area contributed by atoms with E-state index < -0.39 is 54.1 Å². The molecule has 4 amide bonds. The van der Waals surface area contributed by atoms with E-state index in [0.29, 0.717) is 19.3 Å². The lowest BCUT2D eigenvalue weighted by Crippen LogP contribution is -2.57. The van der Waals surface area contributed by atoms with Gasteiger partial charge in [0.15, 0.2) is 0 Å². The summed E-state index contributed by atoms with van der Waals surface area (Å²) in [5.41, 5.74) is 1.65. The number of hydrogen-bond acceptors (Lipinski definition) is 7. The van der Waals surface area contributed by atoms with Crippen LogP contribution in [0.5, 0.6) is 0 Å². The zero-order chi connectivity index (χ0) is 42.3. The number of benzene rings is 3. The Labute approximate surface area is 346 Å². The van der Waals surface area contributed by atoms with Crippen molar-refractivity contribution in [3.63, 3.8) is 0 Å². The minimum atomic E-state index is -1.21. The molecule has 0 bridgehead atoms. The number of nitrogens with one attached hydrogen (secondary N) is 4. The Bertz CT molecular complexity index is 1660. The van der Waals surface area contributed by atoms with E-state index in [1.807, 2.05) is 100 Å². The molecule has 0 aromatic heterocycles. The molecular formula is C47H70N4O7. The Morgan fingerprint density at radius 3 is 2.00 bits per heavy atom. The fourth-order valence-corrected chi connectivity index (χ4v) is 7.18. The lowest BCUT2D eigenvalue weighted by Gasteiger charge is -2.29. The molecule has 0 saturated carbocycles. The minimum Gasteiger partial charge on any atom is -0.445 e. The van der Waals surface area contributed by atoms with E-state index >= 15 is 0 Å². The number of fused-ring (bicyclic) bond motifs is 1. The third kappa shape index (κ3) is 17.2. The Balaban J connectivity index is 1.83. The third-order valence-corrected chi connectivity index (χ3v) is 10.9. The predicted octanol–water partition coefficient (Wildman–Crippen LogP) is 7.50. The van der Waals surface area contributed by atoms with Crippen LogP contribution in [0.4, 0.5) is 4.79 Å². The Kier molecular flexibility index (Phi) is 21.9. The van der Waals surface area contributed by atoms with Gasteiger partial charge >= 0.3 is 6.09 Å². The van der Waals surface area contributed by atoms with Crippen molar-refractivity contribution in [2.24, 2.45) is 11.8 Å². The summed E-state index contributed by atoms with van der Waals surface area (Å²) < 4.78 is 5.53. The van der Waals surface area contributed by atoms with Crippen LogP contribution in [0.1, 0.15) is 123 Å². The quantitative estimate of drug-likeness (QED) is 0.0435. The maximum absolute atomic E-state index is 14.3. The summed E-state index contributed by atoms with van der Waals surface area (Å²) in [4.78, 5) is 54.8. The summed E-state index contributed by atoms with van der Waals surface area (Å²) in [5.74, 6) is -1.30. The number of aliphatic hydroxyl groups is 2. The molecule has 0 unspecified atom stereocenters. The molecule has 0 saturated heterocycles. The van der Waals surface area contributed by atoms with Crippen molar-refractivity contribution in [3.8, 4) is 0 Å². The van der Waals surface area contributed by atoms with Crippen molar-refractivity contribution in [1.29, 1.82) is 0 Å². The zero-order valence-electron chi connectivity index (χ0n) is 35.5. The highest BCUT2D eigenvalue weighted by Gasteiger charge is 2.32. The molecule has 6 atom stereocenters. The molecule has 3 aromatic rings. The highest BCUT2D eigenvalue weighted by Crippen LogP contribution is 2.21. The van der Waals surface area contributed by atoms with Gasteiger partial charge in [0.2, 0.25) is 17.7 Å². The number of alkyl carbamates (subject to hydrolysis) is 1. The van der Waals surface area contributed by atoms with Crippen molar-refractivity contribution in [2.45, 2.75) is 155 Å². The monoisotopic (exact) mass is 803 g/mol. The van der Waals surface area contributed by atoms with Gasteiger partial charge in [0.25, 0.3) is 0 Å². The summed E-state index contributed by atoms with van der Waals surface area (Å²) in [7, 11) is 0. The van der Waals surface area contributed by atoms with Crippen molar-refractivity contribution in [1.82, 2.24) is 21.3 Å². The lowest BCUT2D eigenvalue weighted by atomic mass is 9.95. The van der Waals surface area contributed by atoms with Crippen LogP contribution in [0.25, 0.3) is 10.8 Å². The van der Waals surface area contributed by atoms with Crippen LogP contribution in [0.2, 0.25) is 0 Å². The number of aliphatic hydroxyl groups excluding tert-OH is 2. The van der Waals surface area contributed by atoms with Gasteiger partial charge in [0.05, 0.1) is 31.2 Å². The van der Waals surface area contributed by atoms with E-state index in [-0.39, 0.29) is 37.9 Å². The fraction of sp³-hybridized carbons (Fsp3) is 0.574. The largest absolute Gasteiger partial charge is 0.445 e. The summed E-state index contributed by atoms with van der Waals surface area (Å²) in [6.45, 7) is 9.85.